The average Bonchev–Trinajstić information content (AvgIpc) is 2.38. The molecule has 0 bridgehead atoms. The van der Waals surface area contributed by atoms with Crippen LogP contribution in [0.15, 0.2) is 23.0 Å². The van der Waals surface area contributed by atoms with Gasteiger partial charge in [-0.1, -0.05) is 18.6 Å². The van der Waals surface area contributed by atoms with Gasteiger partial charge in [0.1, 0.15) is 0 Å². The van der Waals surface area contributed by atoms with Crippen LogP contribution >= 0.6 is 0 Å². The van der Waals surface area contributed by atoms with Crippen molar-refractivity contribution in [2.75, 3.05) is 0 Å². The topological polar surface area (TPSA) is 62.0 Å². The summed E-state index contributed by atoms with van der Waals surface area (Å²) >= 11 is 0. The summed E-state index contributed by atoms with van der Waals surface area (Å²) in [6.07, 6.45) is 1.29. The minimum absolute atomic E-state index is 0.0209. The minimum Gasteiger partial charge on any atom is -0.352 e. The Kier molecular flexibility index (Phi) is 4.23. The Morgan fingerprint density at radius 2 is 2.00 bits per heavy atom. The molecule has 2 aromatic rings. The largest absolute Gasteiger partial charge is 0.352 e. The molecule has 2 rings (SSSR count). The standard InChI is InChI=1S/C16H20N2O2/c1-4-5-14(19)17-9-13-8-12-7-10(2)6-11(3)15(12)18-16(13)20/h6-8H,4-5,9H2,1-3H3,(H,17,19)(H,18,20). The predicted octanol–water partition coefficient (Wildman–Crippen LogP) is 2.56. The van der Waals surface area contributed by atoms with Crippen LogP contribution in [0.3, 0.4) is 0 Å². The number of nitrogens with one attached hydrogen (secondary N) is 2. The number of carbonyl (C=O) groups is 1. The Morgan fingerprint density at radius 1 is 1.25 bits per heavy atom. The SMILES string of the molecule is CCCC(=O)NCc1cc2cc(C)cc(C)c2[nH]c1=O. The second-order valence-corrected chi connectivity index (χ2v) is 5.20. The molecule has 1 aromatic carbocycles. The van der Waals surface area contributed by atoms with Crippen LogP contribution in [-0.2, 0) is 11.3 Å². The van der Waals surface area contributed by atoms with Gasteiger partial charge in [0.25, 0.3) is 5.56 Å². The summed E-state index contributed by atoms with van der Waals surface area (Å²) in [5.74, 6) is -0.0209. The number of hydrogen-bond donors (Lipinski definition) is 2. The summed E-state index contributed by atoms with van der Waals surface area (Å²) in [7, 11) is 0. The molecule has 0 aliphatic carbocycles. The summed E-state index contributed by atoms with van der Waals surface area (Å²) in [5.41, 5.74) is 3.53. The van der Waals surface area contributed by atoms with Crippen molar-refractivity contribution in [1.29, 1.82) is 0 Å². The first-order chi connectivity index (χ1) is 9.51. The summed E-state index contributed by atoms with van der Waals surface area (Å²) in [4.78, 5) is 26.4. The van der Waals surface area contributed by atoms with E-state index in [1.54, 1.807) is 0 Å². The summed E-state index contributed by atoms with van der Waals surface area (Å²) < 4.78 is 0. The molecule has 0 unspecified atom stereocenters. The molecule has 0 aliphatic rings. The highest BCUT2D eigenvalue weighted by Crippen LogP contribution is 2.17. The second-order valence-electron chi connectivity index (χ2n) is 5.20. The Labute approximate surface area is 118 Å². The predicted molar refractivity (Wildman–Crippen MR) is 80.8 cm³/mol. The molecule has 106 valence electrons. The van der Waals surface area contributed by atoms with Gasteiger partial charge >= 0.3 is 0 Å². The molecular weight excluding hydrogens is 252 g/mol. The van der Waals surface area contributed by atoms with Crippen molar-refractivity contribution in [1.82, 2.24) is 10.3 Å². The van der Waals surface area contributed by atoms with Crippen LogP contribution < -0.4 is 10.9 Å². The van der Waals surface area contributed by atoms with E-state index in [4.69, 9.17) is 0 Å². The molecule has 0 radical (unpaired) electrons. The van der Waals surface area contributed by atoms with Gasteiger partial charge in [-0.2, -0.15) is 0 Å². The van der Waals surface area contributed by atoms with Gasteiger partial charge in [0.15, 0.2) is 0 Å². The van der Waals surface area contributed by atoms with E-state index in [1.807, 2.05) is 39.0 Å². The van der Waals surface area contributed by atoms with E-state index >= 15 is 0 Å². The molecule has 0 atom stereocenters. The quantitative estimate of drug-likeness (QED) is 0.898. The van der Waals surface area contributed by atoms with Crippen LogP contribution in [0.1, 0.15) is 36.5 Å². The fourth-order valence-electron chi connectivity index (χ4n) is 2.37. The monoisotopic (exact) mass is 272 g/mol. The molecule has 0 spiro atoms. The molecule has 20 heavy (non-hydrogen) atoms. The first-order valence-corrected chi connectivity index (χ1v) is 6.91. The summed E-state index contributed by atoms with van der Waals surface area (Å²) in [6.45, 7) is 6.24. The maximum absolute atomic E-state index is 12.0. The minimum atomic E-state index is -0.138. The fourth-order valence-corrected chi connectivity index (χ4v) is 2.37. The van der Waals surface area contributed by atoms with E-state index in [0.29, 0.717) is 12.0 Å². The lowest BCUT2D eigenvalue weighted by atomic mass is 10.1. The zero-order valence-electron chi connectivity index (χ0n) is 12.2. The van der Waals surface area contributed by atoms with Crippen molar-refractivity contribution >= 4 is 16.8 Å². The number of amides is 1. The maximum atomic E-state index is 12.0. The van der Waals surface area contributed by atoms with Gasteiger partial charge in [-0.25, -0.2) is 0 Å². The number of hydrogen-bond acceptors (Lipinski definition) is 2. The lowest BCUT2D eigenvalue weighted by Crippen LogP contribution is -2.26. The lowest BCUT2D eigenvalue weighted by Gasteiger charge is -2.08. The number of benzene rings is 1. The zero-order chi connectivity index (χ0) is 14.7. The fraction of sp³-hybridized carbons (Fsp3) is 0.375. The van der Waals surface area contributed by atoms with E-state index < -0.39 is 0 Å². The van der Waals surface area contributed by atoms with E-state index in [9.17, 15) is 9.59 Å². The van der Waals surface area contributed by atoms with Crippen molar-refractivity contribution in [3.8, 4) is 0 Å². The van der Waals surface area contributed by atoms with Crippen LogP contribution in [-0.4, -0.2) is 10.9 Å². The van der Waals surface area contributed by atoms with Gasteiger partial charge in [0.2, 0.25) is 5.91 Å². The van der Waals surface area contributed by atoms with Gasteiger partial charge < -0.3 is 10.3 Å². The van der Waals surface area contributed by atoms with Crippen molar-refractivity contribution in [3.63, 3.8) is 0 Å². The van der Waals surface area contributed by atoms with E-state index in [1.165, 1.54) is 0 Å². The van der Waals surface area contributed by atoms with Crippen molar-refractivity contribution < 1.29 is 4.79 Å². The highest BCUT2D eigenvalue weighted by Gasteiger charge is 2.07. The number of rotatable bonds is 4. The highest BCUT2D eigenvalue weighted by molar-refractivity contribution is 5.83. The number of pyridine rings is 1. The van der Waals surface area contributed by atoms with Crippen molar-refractivity contribution in [2.24, 2.45) is 0 Å². The molecule has 1 aromatic heterocycles. The molecule has 1 amide bonds. The van der Waals surface area contributed by atoms with E-state index in [0.717, 1.165) is 28.5 Å². The Bertz CT molecular complexity index is 701. The van der Waals surface area contributed by atoms with Crippen LogP contribution in [0, 0.1) is 13.8 Å². The number of H-pyrrole nitrogens is 1. The molecule has 2 N–H and O–H groups in total. The summed E-state index contributed by atoms with van der Waals surface area (Å²) in [6, 6.07) is 5.94. The molecule has 4 heteroatoms. The maximum Gasteiger partial charge on any atom is 0.253 e. The van der Waals surface area contributed by atoms with Crippen molar-refractivity contribution in [3.05, 3.63) is 45.2 Å². The highest BCUT2D eigenvalue weighted by atomic mass is 16.1. The number of aromatic nitrogens is 1. The first-order valence-electron chi connectivity index (χ1n) is 6.91. The normalized spacial score (nSPS) is 10.8. The Balaban J connectivity index is 2.33. The lowest BCUT2D eigenvalue weighted by molar-refractivity contribution is -0.121. The van der Waals surface area contributed by atoms with E-state index in [-0.39, 0.29) is 18.0 Å². The molecule has 0 saturated carbocycles. The van der Waals surface area contributed by atoms with Gasteiger partial charge in [0, 0.05) is 18.5 Å². The molecule has 4 nitrogen and oxygen atoms in total. The number of fused-ring (bicyclic) bond motifs is 1. The Hall–Kier alpha value is -2.10. The third-order valence-electron chi connectivity index (χ3n) is 3.32. The third-order valence-corrected chi connectivity index (χ3v) is 3.32. The van der Waals surface area contributed by atoms with Crippen LogP contribution in [0.4, 0.5) is 0 Å². The number of carbonyl (C=O) groups excluding carboxylic acids is 1. The molecule has 0 fully saturated rings. The van der Waals surface area contributed by atoms with Gasteiger partial charge in [-0.3, -0.25) is 9.59 Å². The van der Waals surface area contributed by atoms with Crippen LogP contribution in [0.5, 0.6) is 0 Å². The van der Waals surface area contributed by atoms with Crippen LogP contribution in [0.2, 0.25) is 0 Å². The van der Waals surface area contributed by atoms with Gasteiger partial charge in [0.05, 0.1) is 5.52 Å². The van der Waals surface area contributed by atoms with Crippen LogP contribution in [0.25, 0.3) is 10.9 Å². The third kappa shape index (κ3) is 3.07. The molecule has 1 heterocycles. The molecule has 0 saturated heterocycles. The van der Waals surface area contributed by atoms with Gasteiger partial charge in [-0.15, -0.1) is 0 Å². The smallest absolute Gasteiger partial charge is 0.253 e. The first kappa shape index (κ1) is 14.3. The van der Waals surface area contributed by atoms with Gasteiger partial charge in [-0.05, 0) is 43.4 Å². The molecule has 0 aliphatic heterocycles. The Morgan fingerprint density at radius 3 is 2.70 bits per heavy atom. The molecular formula is C16H20N2O2. The second kappa shape index (κ2) is 5.90. The average molecular weight is 272 g/mol. The van der Waals surface area contributed by atoms with Crippen molar-refractivity contribution in [2.45, 2.75) is 40.2 Å². The number of aryl methyl sites for hydroxylation is 2. The number of aromatic amines is 1. The zero-order valence-corrected chi connectivity index (χ0v) is 12.2. The summed E-state index contributed by atoms with van der Waals surface area (Å²) in [5, 5.41) is 3.78. The van der Waals surface area contributed by atoms with E-state index in [2.05, 4.69) is 10.3 Å².